The maximum atomic E-state index is 5.65. The van der Waals surface area contributed by atoms with Crippen LogP contribution in [-0.2, 0) is 4.74 Å². The van der Waals surface area contributed by atoms with Crippen LogP contribution < -0.4 is 0 Å². The Morgan fingerprint density at radius 1 is 1.36 bits per heavy atom. The van der Waals surface area contributed by atoms with Gasteiger partial charge in [-0.1, -0.05) is 13.8 Å². The Balaban J connectivity index is 1.97. The largest absolute Gasteiger partial charge is 0.366 e. The SMILES string of the molecule is CC(C)C1CCC2OC2(C)C1. The molecule has 1 saturated heterocycles. The zero-order valence-electron chi connectivity index (χ0n) is 7.76. The fourth-order valence-corrected chi connectivity index (χ4v) is 2.39. The molecule has 1 nitrogen and oxygen atoms in total. The van der Waals surface area contributed by atoms with E-state index >= 15 is 0 Å². The second-order valence-corrected chi connectivity index (χ2v) is 4.70. The molecule has 0 amide bonds. The van der Waals surface area contributed by atoms with E-state index < -0.39 is 0 Å². The smallest absolute Gasteiger partial charge is 0.0923 e. The number of rotatable bonds is 1. The predicted octanol–water partition coefficient (Wildman–Crippen LogP) is 2.60. The van der Waals surface area contributed by atoms with E-state index in [1.807, 2.05) is 0 Å². The number of fused-ring (bicyclic) bond motifs is 1. The van der Waals surface area contributed by atoms with Crippen LogP contribution >= 0.6 is 0 Å². The van der Waals surface area contributed by atoms with Crippen molar-refractivity contribution in [2.24, 2.45) is 11.8 Å². The first-order valence-corrected chi connectivity index (χ1v) is 4.79. The van der Waals surface area contributed by atoms with Crippen LogP contribution in [0.25, 0.3) is 0 Å². The predicted molar refractivity (Wildman–Crippen MR) is 45.5 cm³/mol. The van der Waals surface area contributed by atoms with Gasteiger partial charge in [0.25, 0.3) is 0 Å². The Kier molecular flexibility index (Phi) is 1.54. The summed E-state index contributed by atoms with van der Waals surface area (Å²) in [6.07, 6.45) is 4.62. The van der Waals surface area contributed by atoms with Gasteiger partial charge in [-0.3, -0.25) is 0 Å². The van der Waals surface area contributed by atoms with Crippen LogP contribution in [0.5, 0.6) is 0 Å². The van der Waals surface area contributed by atoms with Crippen molar-refractivity contribution in [2.75, 3.05) is 0 Å². The van der Waals surface area contributed by atoms with Crippen molar-refractivity contribution in [1.82, 2.24) is 0 Å². The van der Waals surface area contributed by atoms with Gasteiger partial charge in [0.15, 0.2) is 0 Å². The maximum Gasteiger partial charge on any atom is 0.0923 e. The van der Waals surface area contributed by atoms with Gasteiger partial charge in [0.2, 0.25) is 0 Å². The molecule has 1 heteroatoms. The second-order valence-electron chi connectivity index (χ2n) is 4.70. The Labute approximate surface area is 69.1 Å². The summed E-state index contributed by atoms with van der Waals surface area (Å²) in [7, 11) is 0. The summed E-state index contributed by atoms with van der Waals surface area (Å²) in [4.78, 5) is 0. The Morgan fingerprint density at radius 2 is 2.09 bits per heavy atom. The van der Waals surface area contributed by atoms with E-state index in [1.54, 1.807) is 0 Å². The first-order chi connectivity index (χ1) is 5.12. The van der Waals surface area contributed by atoms with Gasteiger partial charge < -0.3 is 4.74 Å². The molecular formula is C10H18O. The minimum atomic E-state index is 0.299. The van der Waals surface area contributed by atoms with Gasteiger partial charge in [0.05, 0.1) is 11.7 Å². The third-order valence-electron chi connectivity index (χ3n) is 3.45. The number of ether oxygens (including phenoxy) is 1. The van der Waals surface area contributed by atoms with Crippen molar-refractivity contribution in [3.05, 3.63) is 0 Å². The lowest BCUT2D eigenvalue weighted by molar-refractivity contribution is 0.236. The summed E-state index contributed by atoms with van der Waals surface area (Å²) in [5.74, 6) is 1.76. The Bertz CT molecular complexity index is 164. The van der Waals surface area contributed by atoms with Crippen LogP contribution in [0.3, 0.4) is 0 Å². The lowest BCUT2D eigenvalue weighted by Crippen LogP contribution is -2.25. The molecule has 11 heavy (non-hydrogen) atoms. The van der Waals surface area contributed by atoms with Crippen molar-refractivity contribution in [1.29, 1.82) is 0 Å². The third kappa shape index (κ3) is 1.20. The summed E-state index contributed by atoms with van der Waals surface area (Å²) < 4.78 is 5.65. The van der Waals surface area contributed by atoms with E-state index in [-0.39, 0.29) is 0 Å². The Hall–Kier alpha value is -0.0400. The fourth-order valence-electron chi connectivity index (χ4n) is 2.39. The molecule has 1 heterocycles. The highest BCUT2D eigenvalue weighted by Gasteiger charge is 2.55. The summed E-state index contributed by atoms with van der Waals surface area (Å²) in [6.45, 7) is 6.93. The van der Waals surface area contributed by atoms with Gasteiger partial charge in [-0.2, -0.15) is 0 Å². The van der Waals surface area contributed by atoms with Crippen molar-refractivity contribution >= 4 is 0 Å². The molecule has 0 radical (unpaired) electrons. The summed E-state index contributed by atoms with van der Waals surface area (Å²) in [6, 6.07) is 0. The van der Waals surface area contributed by atoms with Crippen LogP contribution in [0, 0.1) is 11.8 Å². The molecule has 0 spiro atoms. The highest BCUT2D eigenvalue weighted by Crippen LogP contribution is 2.50. The summed E-state index contributed by atoms with van der Waals surface area (Å²) >= 11 is 0. The van der Waals surface area contributed by atoms with Crippen molar-refractivity contribution in [3.8, 4) is 0 Å². The molecule has 1 aliphatic heterocycles. The number of epoxide rings is 1. The molecule has 0 aromatic carbocycles. The fraction of sp³-hybridized carbons (Fsp3) is 1.00. The van der Waals surface area contributed by atoms with Crippen LogP contribution in [0.4, 0.5) is 0 Å². The average molecular weight is 154 g/mol. The molecule has 64 valence electrons. The van der Waals surface area contributed by atoms with Crippen LogP contribution in [0.1, 0.15) is 40.0 Å². The highest BCUT2D eigenvalue weighted by molar-refractivity contribution is 5.03. The molecule has 0 aromatic rings. The molecular weight excluding hydrogens is 136 g/mol. The quantitative estimate of drug-likeness (QED) is 0.529. The van der Waals surface area contributed by atoms with Crippen molar-refractivity contribution in [2.45, 2.75) is 51.7 Å². The molecule has 2 rings (SSSR count). The normalized spacial score (nSPS) is 49.1. The summed E-state index contributed by atoms with van der Waals surface area (Å²) in [5, 5.41) is 0. The highest BCUT2D eigenvalue weighted by atomic mass is 16.6. The number of hydrogen-bond acceptors (Lipinski definition) is 1. The standard InChI is InChI=1S/C10H18O/c1-7(2)8-4-5-9-10(3,6-8)11-9/h7-9H,4-6H2,1-3H3. The van der Waals surface area contributed by atoms with Crippen molar-refractivity contribution < 1.29 is 4.74 Å². The lowest BCUT2D eigenvalue weighted by atomic mass is 9.77. The van der Waals surface area contributed by atoms with Gasteiger partial charge in [-0.15, -0.1) is 0 Å². The van der Waals surface area contributed by atoms with Gasteiger partial charge in [-0.05, 0) is 38.0 Å². The van der Waals surface area contributed by atoms with E-state index in [0.29, 0.717) is 11.7 Å². The van der Waals surface area contributed by atoms with Crippen LogP contribution in [0.2, 0.25) is 0 Å². The molecule has 0 aromatic heterocycles. The first-order valence-electron chi connectivity index (χ1n) is 4.79. The first kappa shape index (κ1) is 7.60. The molecule has 0 bridgehead atoms. The number of hydrogen-bond donors (Lipinski definition) is 0. The van der Waals surface area contributed by atoms with Gasteiger partial charge in [0.1, 0.15) is 0 Å². The molecule has 2 aliphatic rings. The van der Waals surface area contributed by atoms with Gasteiger partial charge in [0, 0.05) is 0 Å². The van der Waals surface area contributed by atoms with Crippen LogP contribution in [0.15, 0.2) is 0 Å². The Morgan fingerprint density at radius 3 is 2.64 bits per heavy atom. The van der Waals surface area contributed by atoms with E-state index in [4.69, 9.17) is 4.74 Å². The maximum absolute atomic E-state index is 5.65. The van der Waals surface area contributed by atoms with E-state index in [1.165, 1.54) is 19.3 Å². The zero-order valence-corrected chi connectivity index (χ0v) is 7.76. The van der Waals surface area contributed by atoms with E-state index in [0.717, 1.165) is 11.8 Å². The molecule has 2 fully saturated rings. The minimum absolute atomic E-state index is 0.299. The lowest BCUT2D eigenvalue weighted by Gasteiger charge is -2.26. The average Bonchev–Trinajstić information content (AvgIpc) is 2.58. The van der Waals surface area contributed by atoms with Gasteiger partial charge in [-0.25, -0.2) is 0 Å². The zero-order chi connectivity index (χ0) is 8.06. The van der Waals surface area contributed by atoms with E-state index in [9.17, 15) is 0 Å². The monoisotopic (exact) mass is 154 g/mol. The third-order valence-corrected chi connectivity index (χ3v) is 3.45. The topological polar surface area (TPSA) is 12.5 Å². The molecule has 3 atom stereocenters. The van der Waals surface area contributed by atoms with Crippen molar-refractivity contribution in [3.63, 3.8) is 0 Å². The van der Waals surface area contributed by atoms with E-state index in [2.05, 4.69) is 20.8 Å². The second kappa shape index (κ2) is 2.22. The van der Waals surface area contributed by atoms with Crippen LogP contribution in [-0.4, -0.2) is 11.7 Å². The minimum Gasteiger partial charge on any atom is -0.366 e. The molecule has 0 N–H and O–H groups in total. The molecule has 1 saturated carbocycles. The molecule has 3 unspecified atom stereocenters. The summed E-state index contributed by atoms with van der Waals surface area (Å²) in [5.41, 5.74) is 0.299. The molecule has 1 aliphatic carbocycles. The van der Waals surface area contributed by atoms with Gasteiger partial charge >= 0.3 is 0 Å².